The number of carbonyl (C=O) groups is 1. The maximum Gasteiger partial charge on any atom is 0.144 e. The van der Waals surface area contributed by atoms with Gasteiger partial charge in [0, 0.05) is 12.4 Å². The summed E-state index contributed by atoms with van der Waals surface area (Å²) in [5.41, 5.74) is 1.02. The third-order valence-electron chi connectivity index (χ3n) is 0.904. The number of carbonyl (C=O) groups excluding carboxylic acids is 1. The second-order valence-electron chi connectivity index (χ2n) is 1.75. The van der Waals surface area contributed by atoms with E-state index in [1.165, 1.54) is 6.08 Å². The van der Waals surface area contributed by atoms with Crippen LogP contribution < -0.4 is 5.32 Å². The summed E-state index contributed by atoms with van der Waals surface area (Å²) >= 11 is 0. The van der Waals surface area contributed by atoms with Crippen molar-refractivity contribution >= 4 is 6.29 Å². The van der Waals surface area contributed by atoms with Gasteiger partial charge in [-0.3, -0.25) is 4.79 Å². The second kappa shape index (κ2) is 5.82. The molecular formula is C8H11NO. The molecule has 0 saturated heterocycles. The summed E-state index contributed by atoms with van der Waals surface area (Å²) < 4.78 is 0. The average Bonchev–Trinajstić information content (AvgIpc) is 1.98. The fourth-order valence-corrected chi connectivity index (χ4v) is 0.333. The second-order valence-corrected chi connectivity index (χ2v) is 1.75. The van der Waals surface area contributed by atoms with Crippen molar-refractivity contribution in [1.82, 2.24) is 5.32 Å². The normalized spacial score (nSPS) is 11.5. The van der Waals surface area contributed by atoms with Crippen LogP contribution in [0.4, 0.5) is 0 Å². The lowest BCUT2D eigenvalue weighted by Gasteiger charge is -1.89. The number of allylic oxidation sites excluding steroid dienone is 3. The maximum absolute atomic E-state index is 9.75. The monoisotopic (exact) mass is 137 g/mol. The van der Waals surface area contributed by atoms with Gasteiger partial charge in [-0.15, -0.1) is 0 Å². The van der Waals surface area contributed by atoms with Crippen LogP contribution in [0.25, 0.3) is 0 Å². The van der Waals surface area contributed by atoms with E-state index in [0.717, 1.165) is 5.57 Å². The first-order valence-electron chi connectivity index (χ1n) is 2.97. The number of hydrogen-bond acceptors (Lipinski definition) is 2. The average molecular weight is 137 g/mol. The van der Waals surface area contributed by atoms with Crippen molar-refractivity contribution < 1.29 is 4.79 Å². The van der Waals surface area contributed by atoms with Gasteiger partial charge >= 0.3 is 0 Å². The number of aldehydes is 1. The van der Waals surface area contributed by atoms with Gasteiger partial charge in [0.05, 0.1) is 0 Å². The van der Waals surface area contributed by atoms with Gasteiger partial charge in [-0.25, -0.2) is 0 Å². The minimum atomic E-state index is 0.712. The Morgan fingerprint density at radius 3 is 2.80 bits per heavy atom. The molecule has 0 saturated carbocycles. The van der Waals surface area contributed by atoms with Crippen LogP contribution in [0.5, 0.6) is 0 Å². The molecule has 0 aromatic heterocycles. The maximum atomic E-state index is 9.75. The molecule has 0 aliphatic rings. The molecular weight excluding hydrogens is 126 g/mol. The lowest BCUT2D eigenvalue weighted by molar-refractivity contribution is -0.104. The van der Waals surface area contributed by atoms with Crippen molar-refractivity contribution in [3.05, 3.63) is 36.7 Å². The van der Waals surface area contributed by atoms with E-state index in [0.29, 0.717) is 6.29 Å². The molecule has 1 N–H and O–H groups in total. The summed E-state index contributed by atoms with van der Waals surface area (Å²) in [5, 5.41) is 2.79. The Kier molecular flexibility index (Phi) is 5.06. The minimum absolute atomic E-state index is 0.712. The highest BCUT2D eigenvalue weighted by atomic mass is 16.1. The smallest absolute Gasteiger partial charge is 0.144 e. The Balaban J connectivity index is 3.61. The molecule has 10 heavy (non-hydrogen) atoms. The predicted octanol–water partition coefficient (Wildman–Crippen LogP) is 1.38. The van der Waals surface area contributed by atoms with E-state index >= 15 is 0 Å². The van der Waals surface area contributed by atoms with E-state index < -0.39 is 0 Å². The number of nitrogens with one attached hydrogen (secondary N) is 1. The van der Waals surface area contributed by atoms with Crippen LogP contribution in [0.1, 0.15) is 6.92 Å². The number of rotatable bonds is 4. The zero-order valence-electron chi connectivity index (χ0n) is 6.00. The molecule has 0 aromatic carbocycles. The largest absolute Gasteiger partial charge is 0.367 e. The van der Waals surface area contributed by atoms with Crippen LogP contribution in [0.3, 0.4) is 0 Å². The Morgan fingerprint density at radius 1 is 1.60 bits per heavy atom. The van der Waals surface area contributed by atoms with Crippen LogP contribution >= 0.6 is 0 Å². The molecule has 0 amide bonds. The fourth-order valence-electron chi connectivity index (χ4n) is 0.333. The van der Waals surface area contributed by atoms with Gasteiger partial charge in [-0.05, 0) is 18.6 Å². The van der Waals surface area contributed by atoms with Crippen LogP contribution in [-0.2, 0) is 4.79 Å². The first-order valence-corrected chi connectivity index (χ1v) is 2.97. The number of hydrogen-bond donors (Lipinski definition) is 1. The van der Waals surface area contributed by atoms with E-state index in [1.807, 2.05) is 6.92 Å². The van der Waals surface area contributed by atoms with E-state index in [-0.39, 0.29) is 0 Å². The quantitative estimate of drug-likeness (QED) is 0.360. The molecule has 0 aliphatic heterocycles. The minimum Gasteiger partial charge on any atom is -0.367 e. The van der Waals surface area contributed by atoms with Gasteiger partial charge < -0.3 is 5.32 Å². The predicted molar refractivity (Wildman–Crippen MR) is 42.3 cm³/mol. The topological polar surface area (TPSA) is 29.1 Å². The fraction of sp³-hybridized carbons (Fsp3) is 0.125. The first kappa shape index (κ1) is 8.69. The van der Waals surface area contributed by atoms with Crippen molar-refractivity contribution in [2.75, 3.05) is 0 Å². The van der Waals surface area contributed by atoms with Crippen molar-refractivity contribution in [1.29, 1.82) is 0 Å². The summed E-state index contributed by atoms with van der Waals surface area (Å²) in [5.74, 6) is 0. The van der Waals surface area contributed by atoms with Crippen LogP contribution in [0.15, 0.2) is 36.7 Å². The van der Waals surface area contributed by atoms with Gasteiger partial charge in [0.25, 0.3) is 0 Å². The molecule has 0 radical (unpaired) electrons. The molecule has 0 unspecified atom stereocenters. The van der Waals surface area contributed by atoms with Gasteiger partial charge in [0.15, 0.2) is 0 Å². The zero-order chi connectivity index (χ0) is 7.82. The summed E-state index contributed by atoms with van der Waals surface area (Å²) in [6.45, 7) is 5.47. The van der Waals surface area contributed by atoms with Crippen molar-refractivity contribution in [3.63, 3.8) is 0 Å². The molecule has 0 rings (SSSR count). The summed E-state index contributed by atoms with van der Waals surface area (Å²) in [6, 6.07) is 0. The SMILES string of the molecule is C=C/C(C)=C/N/C=C\C=O. The molecule has 0 atom stereocenters. The van der Waals surface area contributed by atoms with E-state index in [2.05, 4.69) is 11.9 Å². The highest BCUT2D eigenvalue weighted by molar-refractivity contribution is 5.64. The van der Waals surface area contributed by atoms with Crippen LogP contribution in [0.2, 0.25) is 0 Å². The highest BCUT2D eigenvalue weighted by Crippen LogP contribution is 1.87. The Morgan fingerprint density at radius 2 is 2.30 bits per heavy atom. The first-order chi connectivity index (χ1) is 4.81. The van der Waals surface area contributed by atoms with Crippen LogP contribution in [0, 0.1) is 0 Å². The molecule has 2 heteroatoms. The molecule has 2 nitrogen and oxygen atoms in total. The summed E-state index contributed by atoms with van der Waals surface area (Å²) in [7, 11) is 0. The van der Waals surface area contributed by atoms with E-state index in [9.17, 15) is 4.79 Å². The Labute approximate surface area is 60.9 Å². The lowest BCUT2D eigenvalue weighted by Crippen LogP contribution is -1.92. The Hall–Kier alpha value is -1.31. The summed E-state index contributed by atoms with van der Waals surface area (Å²) in [6.07, 6.45) is 7.13. The van der Waals surface area contributed by atoms with Crippen molar-refractivity contribution in [3.8, 4) is 0 Å². The van der Waals surface area contributed by atoms with Crippen LogP contribution in [-0.4, -0.2) is 6.29 Å². The van der Waals surface area contributed by atoms with Crippen molar-refractivity contribution in [2.45, 2.75) is 6.92 Å². The third-order valence-corrected chi connectivity index (χ3v) is 0.904. The Bertz CT molecular complexity index is 168. The third kappa shape index (κ3) is 4.84. The summed E-state index contributed by atoms with van der Waals surface area (Å²) in [4.78, 5) is 9.75. The molecule has 0 aliphatic carbocycles. The van der Waals surface area contributed by atoms with Gasteiger partial charge in [0.2, 0.25) is 0 Å². The molecule has 0 heterocycles. The van der Waals surface area contributed by atoms with Gasteiger partial charge in [-0.2, -0.15) is 0 Å². The van der Waals surface area contributed by atoms with E-state index in [1.54, 1.807) is 18.5 Å². The molecule has 0 fully saturated rings. The molecule has 54 valence electrons. The van der Waals surface area contributed by atoms with Gasteiger partial charge in [-0.1, -0.05) is 12.7 Å². The van der Waals surface area contributed by atoms with Crippen molar-refractivity contribution in [2.24, 2.45) is 0 Å². The zero-order valence-corrected chi connectivity index (χ0v) is 6.00. The highest BCUT2D eigenvalue weighted by Gasteiger charge is 1.73. The van der Waals surface area contributed by atoms with Gasteiger partial charge in [0.1, 0.15) is 6.29 Å². The molecule has 0 bridgehead atoms. The lowest BCUT2D eigenvalue weighted by atomic mass is 10.3. The standard InChI is InChI=1S/C8H11NO/c1-3-8(2)7-9-5-4-6-10/h3-7,9H,1H2,2H3/b5-4-,8-7+. The molecule has 0 aromatic rings. The van der Waals surface area contributed by atoms with E-state index in [4.69, 9.17) is 0 Å². The molecule has 0 spiro atoms.